The van der Waals surface area contributed by atoms with Crippen LogP contribution in [0.25, 0.3) is 0 Å². The Hall–Kier alpha value is -1.12. The molecule has 0 aromatic rings. The molecule has 0 spiro atoms. The first-order valence-electron chi connectivity index (χ1n) is 2.36. The van der Waals surface area contributed by atoms with E-state index >= 15 is 0 Å². The number of hydrogen-bond donors (Lipinski definition) is 0. The van der Waals surface area contributed by atoms with Crippen LogP contribution in [0.4, 0.5) is 0 Å². The fraction of sp³-hybridized carbons (Fsp3) is 0. The summed E-state index contributed by atoms with van der Waals surface area (Å²) >= 11 is 0. The summed E-state index contributed by atoms with van der Waals surface area (Å²) in [6, 6.07) is 0. The van der Waals surface area contributed by atoms with Gasteiger partial charge in [-0.25, -0.2) is 4.99 Å². The SMILES string of the molecule is [CH]1N=CC2=[N+]C=CN12. The molecule has 0 saturated carbocycles. The summed E-state index contributed by atoms with van der Waals surface area (Å²) in [6.45, 7) is 1.72. The van der Waals surface area contributed by atoms with E-state index < -0.39 is 0 Å². The standard InChI is InChI=1S/C5H4N3/c1-2-8-4-6-3-5(8)7-1/h1-4H/q+1. The molecule has 3 nitrogen and oxygen atoms in total. The summed E-state index contributed by atoms with van der Waals surface area (Å²) in [5.74, 6) is 0.907. The molecule has 2 radical (unpaired) electrons. The largest absolute Gasteiger partial charge is 0.343 e. The van der Waals surface area contributed by atoms with E-state index in [9.17, 15) is 0 Å². The molecule has 2 aliphatic rings. The molecule has 0 fully saturated rings. The summed E-state index contributed by atoms with van der Waals surface area (Å²) in [6.07, 6.45) is 5.33. The summed E-state index contributed by atoms with van der Waals surface area (Å²) in [7, 11) is 0. The number of aliphatic imine (C=N–C) groups is 2. The van der Waals surface area contributed by atoms with Gasteiger partial charge >= 0.3 is 5.84 Å². The molecule has 0 aliphatic carbocycles. The zero-order chi connectivity index (χ0) is 5.40. The molecule has 0 aromatic heterocycles. The summed E-state index contributed by atoms with van der Waals surface area (Å²) in [5, 5.41) is 0. The van der Waals surface area contributed by atoms with Gasteiger partial charge < -0.3 is 0 Å². The van der Waals surface area contributed by atoms with Crippen molar-refractivity contribution < 1.29 is 0 Å². The molecule has 2 heterocycles. The number of rotatable bonds is 0. The molecule has 38 valence electrons. The average molecular weight is 106 g/mol. The van der Waals surface area contributed by atoms with Gasteiger partial charge in [-0.3, -0.25) is 0 Å². The molecule has 0 atom stereocenters. The molecule has 3 heteroatoms. The van der Waals surface area contributed by atoms with Crippen LogP contribution < -0.4 is 4.99 Å². The highest BCUT2D eigenvalue weighted by molar-refractivity contribution is 6.31. The fourth-order valence-corrected chi connectivity index (χ4v) is 0.694. The van der Waals surface area contributed by atoms with Crippen molar-refractivity contribution in [1.29, 1.82) is 0 Å². The molecule has 2 aliphatic heterocycles. The normalized spacial score (nSPS) is 22.0. The van der Waals surface area contributed by atoms with Gasteiger partial charge in [-0.1, -0.05) is 0 Å². The first-order chi connectivity index (χ1) is 3.97. The maximum atomic E-state index is 3.98. The van der Waals surface area contributed by atoms with E-state index in [1.165, 1.54) is 0 Å². The maximum absolute atomic E-state index is 3.98. The van der Waals surface area contributed by atoms with Gasteiger partial charge in [0.05, 0.1) is 0 Å². The average Bonchev–Trinajstić information content (AvgIpc) is 2.15. The Labute approximate surface area is 47.0 Å². The molecule has 8 heavy (non-hydrogen) atoms. The van der Waals surface area contributed by atoms with Crippen molar-refractivity contribution in [1.82, 2.24) is 9.89 Å². The topological polar surface area (TPSA) is 29.7 Å². The summed E-state index contributed by atoms with van der Waals surface area (Å²) < 4.78 is 0. The van der Waals surface area contributed by atoms with Gasteiger partial charge in [0, 0.05) is 0 Å². The summed E-state index contributed by atoms with van der Waals surface area (Å²) in [4.78, 5) is 9.70. The minimum Gasteiger partial charge on any atom is -0.232 e. The lowest BCUT2D eigenvalue weighted by molar-refractivity contribution is 0.709. The zero-order valence-corrected chi connectivity index (χ0v) is 4.15. The van der Waals surface area contributed by atoms with Gasteiger partial charge in [-0.2, -0.15) is 4.90 Å². The van der Waals surface area contributed by atoms with Crippen molar-refractivity contribution in [2.45, 2.75) is 0 Å². The quantitative estimate of drug-likeness (QED) is 0.417. The molecule has 0 amide bonds. The Kier molecular flexibility index (Phi) is 0.566. The first kappa shape index (κ1) is 3.83. The molecule has 0 N–H and O–H groups in total. The smallest absolute Gasteiger partial charge is 0.232 e. The first-order valence-corrected chi connectivity index (χ1v) is 2.36. The van der Waals surface area contributed by atoms with Crippen LogP contribution in [0.2, 0.25) is 0 Å². The van der Waals surface area contributed by atoms with E-state index in [1.54, 1.807) is 19.1 Å². The second-order valence-corrected chi connectivity index (χ2v) is 1.59. The number of hydrogen-bond acceptors (Lipinski definition) is 3. The van der Waals surface area contributed by atoms with Gasteiger partial charge in [0.15, 0.2) is 6.20 Å². The van der Waals surface area contributed by atoms with E-state index in [-0.39, 0.29) is 0 Å². The molecule has 0 saturated heterocycles. The van der Waals surface area contributed by atoms with Crippen LogP contribution in [0.1, 0.15) is 0 Å². The van der Waals surface area contributed by atoms with Crippen LogP contribution >= 0.6 is 0 Å². The Bertz CT molecular complexity index is 190. The highest BCUT2D eigenvalue weighted by Crippen LogP contribution is 2.04. The Morgan fingerprint density at radius 3 is 3.50 bits per heavy atom. The number of fused-ring (bicyclic) bond motifs is 1. The Balaban J connectivity index is 2.39. The predicted octanol–water partition coefficient (Wildman–Crippen LogP) is -0.289. The van der Waals surface area contributed by atoms with Crippen LogP contribution in [0.15, 0.2) is 17.4 Å². The van der Waals surface area contributed by atoms with E-state index in [2.05, 4.69) is 9.98 Å². The lowest BCUT2D eigenvalue weighted by Crippen LogP contribution is -2.16. The van der Waals surface area contributed by atoms with Crippen LogP contribution in [-0.2, 0) is 0 Å². The third-order valence-corrected chi connectivity index (χ3v) is 1.08. The molecule has 0 unspecified atom stereocenters. The van der Waals surface area contributed by atoms with Crippen molar-refractivity contribution in [3.63, 3.8) is 0 Å². The van der Waals surface area contributed by atoms with Crippen LogP contribution in [-0.4, -0.2) is 17.0 Å². The van der Waals surface area contributed by atoms with E-state index in [0.717, 1.165) is 5.84 Å². The summed E-state index contributed by atoms with van der Waals surface area (Å²) in [5.41, 5.74) is 0. The lowest BCUT2D eigenvalue weighted by atomic mass is 10.6. The van der Waals surface area contributed by atoms with Gasteiger partial charge in [-0.05, 0) is 4.99 Å². The second-order valence-electron chi connectivity index (χ2n) is 1.59. The Morgan fingerprint density at radius 2 is 2.62 bits per heavy atom. The predicted molar refractivity (Wildman–Crippen MR) is 30.9 cm³/mol. The monoisotopic (exact) mass is 106 g/mol. The van der Waals surface area contributed by atoms with Crippen LogP contribution in [0.5, 0.6) is 0 Å². The van der Waals surface area contributed by atoms with Crippen LogP contribution in [0, 0.1) is 6.67 Å². The highest BCUT2D eigenvalue weighted by atomic mass is 15.3. The zero-order valence-electron chi connectivity index (χ0n) is 4.15. The van der Waals surface area contributed by atoms with E-state index in [1.807, 2.05) is 11.1 Å². The van der Waals surface area contributed by atoms with Gasteiger partial charge in [-0.15, -0.1) is 0 Å². The van der Waals surface area contributed by atoms with E-state index in [0.29, 0.717) is 0 Å². The third kappa shape index (κ3) is 0.332. The Morgan fingerprint density at radius 1 is 1.62 bits per heavy atom. The molecular formula is C5H4N3+. The van der Waals surface area contributed by atoms with Crippen molar-refractivity contribution in [2.75, 3.05) is 0 Å². The lowest BCUT2D eigenvalue weighted by Gasteiger charge is -1.90. The number of nitrogens with zero attached hydrogens (tertiary/aromatic N) is 3. The minimum atomic E-state index is 0.907. The molecule has 0 aromatic carbocycles. The highest BCUT2D eigenvalue weighted by Gasteiger charge is 2.26. The van der Waals surface area contributed by atoms with E-state index in [4.69, 9.17) is 0 Å². The third-order valence-electron chi connectivity index (χ3n) is 1.08. The van der Waals surface area contributed by atoms with Crippen LogP contribution in [0.3, 0.4) is 0 Å². The second kappa shape index (κ2) is 1.18. The van der Waals surface area contributed by atoms with Gasteiger partial charge in [0.1, 0.15) is 12.4 Å². The molecule has 2 rings (SSSR count). The van der Waals surface area contributed by atoms with Gasteiger partial charge in [0.2, 0.25) is 0 Å². The fourth-order valence-electron chi connectivity index (χ4n) is 0.694. The maximum Gasteiger partial charge on any atom is 0.343 e. The minimum absolute atomic E-state index is 0.907. The van der Waals surface area contributed by atoms with Crippen molar-refractivity contribution in [3.8, 4) is 0 Å². The van der Waals surface area contributed by atoms with Crippen molar-refractivity contribution in [3.05, 3.63) is 19.1 Å². The number of amidine groups is 1. The van der Waals surface area contributed by atoms with Gasteiger partial charge in [0.25, 0.3) is 6.67 Å². The molecule has 0 bridgehead atoms. The molecular weight excluding hydrogens is 102 g/mol. The van der Waals surface area contributed by atoms with Crippen molar-refractivity contribution in [2.24, 2.45) is 4.99 Å². The van der Waals surface area contributed by atoms with Crippen molar-refractivity contribution >= 4 is 12.1 Å².